The lowest BCUT2D eigenvalue weighted by atomic mass is 9.90. The highest BCUT2D eigenvalue weighted by molar-refractivity contribution is 6.15. The quantitative estimate of drug-likeness (QED) is 0.337. The lowest BCUT2D eigenvalue weighted by Gasteiger charge is -2.14. The van der Waals surface area contributed by atoms with Crippen molar-refractivity contribution in [3.05, 3.63) is 83.9 Å². The highest BCUT2D eigenvalue weighted by Gasteiger charge is 2.17. The molecule has 0 atom stereocenters. The van der Waals surface area contributed by atoms with Gasteiger partial charge in [0.2, 0.25) is 0 Å². The number of carbonyl (C=O) groups is 1. The standard InChI is InChI=1S/C24H20O2/c1-3-16-12-13-21(23(14-16)24(25)26-2)22-15-17-8-4-5-9-18(17)19-10-6-7-11-20(19)22/h4-15H,3H2,1-2H3. The van der Waals surface area contributed by atoms with Gasteiger partial charge < -0.3 is 4.74 Å². The van der Waals surface area contributed by atoms with Crippen LogP contribution in [0, 0.1) is 0 Å². The number of carbonyl (C=O) groups excluding carboxylic acids is 1. The molecule has 4 aromatic rings. The number of rotatable bonds is 3. The first kappa shape index (κ1) is 16.3. The Labute approximate surface area is 153 Å². The minimum Gasteiger partial charge on any atom is -0.465 e. The Hall–Kier alpha value is -3.13. The van der Waals surface area contributed by atoms with Crippen LogP contribution in [0.3, 0.4) is 0 Å². The second-order valence-electron chi connectivity index (χ2n) is 6.42. The third-order valence-electron chi connectivity index (χ3n) is 4.96. The topological polar surface area (TPSA) is 26.3 Å². The molecule has 0 aromatic heterocycles. The molecule has 2 nitrogen and oxygen atoms in total. The molecule has 0 amide bonds. The summed E-state index contributed by atoms with van der Waals surface area (Å²) in [6.07, 6.45) is 0.878. The van der Waals surface area contributed by atoms with Crippen LogP contribution in [0.15, 0.2) is 72.8 Å². The lowest BCUT2D eigenvalue weighted by molar-refractivity contribution is 0.0601. The summed E-state index contributed by atoms with van der Waals surface area (Å²) in [7, 11) is 1.43. The van der Waals surface area contributed by atoms with Gasteiger partial charge >= 0.3 is 5.97 Å². The molecule has 0 radical (unpaired) electrons. The highest BCUT2D eigenvalue weighted by Crippen LogP contribution is 2.36. The first-order valence-corrected chi connectivity index (χ1v) is 8.85. The maximum atomic E-state index is 12.5. The number of methoxy groups -OCH3 is 1. The highest BCUT2D eigenvalue weighted by atomic mass is 16.5. The number of esters is 1. The summed E-state index contributed by atoms with van der Waals surface area (Å²) in [5.41, 5.74) is 3.71. The van der Waals surface area contributed by atoms with Crippen molar-refractivity contribution in [3.63, 3.8) is 0 Å². The summed E-state index contributed by atoms with van der Waals surface area (Å²) in [4.78, 5) is 12.5. The van der Waals surface area contributed by atoms with E-state index in [4.69, 9.17) is 4.74 Å². The van der Waals surface area contributed by atoms with Crippen LogP contribution in [0.1, 0.15) is 22.8 Å². The number of aryl methyl sites for hydroxylation is 1. The van der Waals surface area contributed by atoms with Gasteiger partial charge in [0.1, 0.15) is 0 Å². The van der Waals surface area contributed by atoms with Crippen molar-refractivity contribution in [1.29, 1.82) is 0 Å². The molecule has 128 valence electrons. The van der Waals surface area contributed by atoms with Crippen LogP contribution in [0.4, 0.5) is 0 Å². The van der Waals surface area contributed by atoms with Crippen LogP contribution in [0.5, 0.6) is 0 Å². The van der Waals surface area contributed by atoms with Crippen LogP contribution in [0.25, 0.3) is 32.7 Å². The molecule has 0 spiro atoms. The van der Waals surface area contributed by atoms with E-state index < -0.39 is 0 Å². The molecule has 0 aliphatic rings. The normalized spacial score (nSPS) is 11.0. The van der Waals surface area contributed by atoms with Crippen molar-refractivity contribution in [1.82, 2.24) is 0 Å². The molecule has 0 saturated carbocycles. The molecule has 2 heteroatoms. The van der Waals surface area contributed by atoms with Gasteiger partial charge in [-0.3, -0.25) is 0 Å². The predicted molar refractivity (Wildman–Crippen MR) is 108 cm³/mol. The molecule has 0 heterocycles. The van der Waals surface area contributed by atoms with Crippen LogP contribution in [-0.4, -0.2) is 13.1 Å². The average Bonchev–Trinajstić information content (AvgIpc) is 2.72. The van der Waals surface area contributed by atoms with Gasteiger partial charge in [-0.25, -0.2) is 4.79 Å². The lowest BCUT2D eigenvalue weighted by Crippen LogP contribution is -2.05. The van der Waals surface area contributed by atoms with E-state index >= 15 is 0 Å². The van der Waals surface area contributed by atoms with E-state index in [9.17, 15) is 4.79 Å². The van der Waals surface area contributed by atoms with E-state index in [0.29, 0.717) is 5.56 Å². The number of hydrogen-bond donors (Lipinski definition) is 0. The summed E-state index contributed by atoms with van der Waals surface area (Å²) in [6, 6.07) is 25.0. The Kier molecular flexibility index (Phi) is 4.18. The minimum absolute atomic E-state index is 0.299. The Balaban J connectivity index is 2.10. The van der Waals surface area contributed by atoms with E-state index in [-0.39, 0.29) is 5.97 Å². The molecule has 0 N–H and O–H groups in total. The summed E-state index contributed by atoms with van der Waals surface area (Å²) < 4.78 is 5.06. The van der Waals surface area contributed by atoms with Gasteiger partial charge in [0.15, 0.2) is 0 Å². The fraction of sp³-hybridized carbons (Fsp3) is 0.125. The zero-order valence-corrected chi connectivity index (χ0v) is 15.0. The molecule has 0 aliphatic heterocycles. The van der Waals surface area contributed by atoms with Crippen molar-refractivity contribution < 1.29 is 9.53 Å². The summed E-state index contributed by atoms with van der Waals surface area (Å²) >= 11 is 0. The first-order valence-electron chi connectivity index (χ1n) is 8.85. The van der Waals surface area contributed by atoms with Crippen molar-refractivity contribution in [2.24, 2.45) is 0 Å². The minimum atomic E-state index is -0.299. The van der Waals surface area contributed by atoms with Gasteiger partial charge in [-0.1, -0.05) is 67.6 Å². The average molecular weight is 340 g/mol. The molecule has 4 rings (SSSR count). The maximum Gasteiger partial charge on any atom is 0.338 e. The van der Waals surface area contributed by atoms with Gasteiger partial charge in [0, 0.05) is 0 Å². The van der Waals surface area contributed by atoms with Crippen molar-refractivity contribution in [3.8, 4) is 11.1 Å². The third-order valence-corrected chi connectivity index (χ3v) is 4.96. The Morgan fingerprint density at radius 3 is 2.23 bits per heavy atom. The van der Waals surface area contributed by atoms with E-state index in [1.54, 1.807) is 0 Å². The molecule has 0 fully saturated rings. The Morgan fingerprint density at radius 2 is 1.50 bits per heavy atom. The molecule has 0 aliphatic carbocycles. The summed E-state index contributed by atoms with van der Waals surface area (Å²) in [5.74, 6) is -0.299. The molecular weight excluding hydrogens is 320 g/mol. The maximum absolute atomic E-state index is 12.5. The van der Waals surface area contributed by atoms with E-state index in [1.807, 2.05) is 24.3 Å². The molecule has 0 unspecified atom stereocenters. The molecule has 26 heavy (non-hydrogen) atoms. The molecule has 0 saturated heterocycles. The van der Waals surface area contributed by atoms with Crippen molar-refractivity contribution >= 4 is 27.5 Å². The molecule has 4 aromatic carbocycles. The van der Waals surface area contributed by atoms with Gasteiger partial charge in [-0.15, -0.1) is 0 Å². The summed E-state index contributed by atoms with van der Waals surface area (Å²) in [5, 5.41) is 4.71. The van der Waals surface area contributed by atoms with Gasteiger partial charge in [-0.2, -0.15) is 0 Å². The molecular formula is C24H20O2. The van der Waals surface area contributed by atoms with E-state index in [0.717, 1.165) is 33.9 Å². The van der Waals surface area contributed by atoms with Gasteiger partial charge in [0.05, 0.1) is 12.7 Å². The second-order valence-corrected chi connectivity index (χ2v) is 6.42. The Bertz CT molecular complexity index is 1130. The zero-order valence-electron chi connectivity index (χ0n) is 15.0. The predicted octanol–water partition coefficient (Wildman–Crippen LogP) is 6.01. The van der Waals surface area contributed by atoms with Crippen molar-refractivity contribution in [2.45, 2.75) is 13.3 Å². The largest absolute Gasteiger partial charge is 0.465 e. The number of ether oxygens (including phenoxy) is 1. The van der Waals surface area contributed by atoms with Crippen LogP contribution in [0.2, 0.25) is 0 Å². The van der Waals surface area contributed by atoms with Gasteiger partial charge in [-0.05, 0) is 56.8 Å². The first-order chi connectivity index (χ1) is 12.7. The fourth-order valence-electron chi connectivity index (χ4n) is 3.60. The monoisotopic (exact) mass is 340 g/mol. The number of fused-ring (bicyclic) bond motifs is 3. The van der Waals surface area contributed by atoms with Crippen molar-refractivity contribution in [2.75, 3.05) is 7.11 Å². The van der Waals surface area contributed by atoms with E-state index in [1.165, 1.54) is 17.9 Å². The van der Waals surface area contributed by atoms with Crippen LogP contribution >= 0.6 is 0 Å². The number of benzene rings is 4. The number of hydrogen-bond acceptors (Lipinski definition) is 2. The smallest absolute Gasteiger partial charge is 0.338 e. The molecule has 0 bridgehead atoms. The van der Waals surface area contributed by atoms with Crippen LogP contribution < -0.4 is 0 Å². The SMILES string of the molecule is CCc1ccc(-c2cc3ccccc3c3ccccc23)c(C(=O)OC)c1. The Morgan fingerprint density at radius 1 is 0.808 bits per heavy atom. The van der Waals surface area contributed by atoms with E-state index in [2.05, 4.69) is 55.5 Å². The third kappa shape index (κ3) is 2.64. The second kappa shape index (κ2) is 6.64. The fourth-order valence-corrected chi connectivity index (χ4v) is 3.60. The zero-order chi connectivity index (χ0) is 18.1. The van der Waals surface area contributed by atoms with Gasteiger partial charge in [0.25, 0.3) is 0 Å². The summed E-state index contributed by atoms with van der Waals surface area (Å²) in [6.45, 7) is 2.08. The van der Waals surface area contributed by atoms with Crippen LogP contribution in [-0.2, 0) is 11.2 Å².